The molecule has 0 radical (unpaired) electrons. The minimum Gasteiger partial charge on any atom is -0.300 e. The van der Waals surface area contributed by atoms with Crippen LogP contribution in [0.5, 0.6) is 0 Å². The number of benzene rings is 1. The molecule has 0 spiro atoms. The second-order valence-corrected chi connectivity index (χ2v) is 3.48. The molecule has 0 aliphatic rings. The van der Waals surface area contributed by atoms with Gasteiger partial charge in [-0.2, -0.15) is 0 Å². The van der Waals surface area contributed by atoms with Crippen LogP contribution in [0.15, 0.2) is 12.1 Å². The summed E-state index contributed by atoms with van der Waals surface area (Å²) in [6.07, 6.45) is 0.129. The minimum absolute atomic E-state index is 0.0550. The predicted molar refractivity (Wildman–Crippen MR) is 50.5 cm³/mol. The van der Waals surface area contributed by atoms with Gasteiger partial charge >= 0.3 is 0 Å². The van der Waals surface area contributed by atoms with Crippen LogP contribution in [0, 0.1) is 12.7 Å². The van der Waals surface area contributed by atoms with Crippen LogP contribution in [0.3, 0.4) is 0 Å². The summed E-state index contributed by atoms with van der Waals surface area (Å²) in [5, 5.41) is 0.393. The topological polar surface area (TPSA) is 17.1 Å². The second kappa shape index (κ2) is 3.88. The summed E-state index contributed by atoms with van der Waals surface area (Å²) >= 11 is 5.70. The summed E-state index contributed by atoms with van der Waals surface area (Å²) in [6.45, 7) is 3.22. The first-order valence-electron chi connectivity index (χ1n) is 3.94. The van der Waals surface area contributed by atoms with Crippen LogP contribution in [-0.2, 0) is 11.2 Å². The Kier molecular flexibility index (Phi) is 3.04. The number of hydrogen-bond acceptors (Lipinski definition) is 1. The molecular formula is C10H10ClFO. The quantitative estimate of drug-likeness (QED) is 0.718. The summed E-state index contributed by atoms with van der Waals surface area (Å²) in [7, 11) is 0. The van der Waals surface area contributed by atoms with Crippen LogP contribution in [0.2, 0.25) is 5.02 Å². The fraction of sp³-hybridized carbons (Fsp3) is 0.300. The predicted octanol–water partition coefficient (Wildman–Crippen LogP) is 2.92. The summed E-state index contributed by atoms with van der Waals surface area (Å²) in [5.41, 5.74) is 1.20. The van der Waals surface area contributed by atoms with Crippen LogP contribution in [0.1, 0.15) is 18.1 Å². The Morgan fingerprint density at radius 1 is 1.54 bits per heavy atom. The Morgan fingerprint density at radius 2 is 2.15 bits per heavy atom. The average Bonchev–Trinajstić information content (AvgIpc) is 1.99. The Bertz CT molecular complexity index is 347. The van der Waals surface area contributed by atoms with Gasteiger partial charge < -0.3 is 0 Å². The molecular weight excluding hydrogens is 191 g/mol. The molecule has 0 amide bonds. The lowest BCUT2D eigenvalue weighted by molar-refractivity contribution is -0.116. The summed E-state index contributed by atoms with van der Waals surface area (Å²) < 4.78 is 13.2. The molecule has 1 rings (SSSR count). The molecule has 0 atom stereocenters. The van der Waals surface area contributed by atoms with Gasteiger partial charge in [0.05, 0.1) is 0 Å². The SMILES string of the molecule is CC(=O)Cc1cc(C)c(Cl)cc1F. The fourth-order valence-electron chi connectivity index (χ4n) is 1.12. The molecule has 1 aromatic carbocycles. The molecule has 0 unspecified atom stereocenters. The van der Waals surface area contributed by atoms with Crippen molar-refractivity contribution in [2.24, 2.45) is 0 Å². The van der Waals surface area contributed by atoms with E-state index in [2.05, 4.69) is 0 Å². The van der Waals surface area contributed by atoms with E-state index in [0.717, 1.165) is 5.56 Å². The van der Waals surface area contributed by atoms with E-state index in [-0.39, 0.29) is 12.2 Å². The smallest absolute Gasteiger partial charge is 0.134 e. The first-order chi connectivity index (χ1) is 6.00. The molecule has 1 nitrogen and oxygen atoms in total. The van der Waals surface area contributed by atoms with Gasteiger partial charge in [0.2, 0.25) is 0 Å². The maximum absolute atomic E-state index is 13.2. The molecule has 0 aliphatic carbocycles. The zero-order chi connectivity index (χ0) is 10.0. The van der Waals surface area contributed by atoms with Crippen molar-refractivity contribution in [2.45, 2.75) is 20.3 Å². The van der Waals surface area contributed by atoms with E-state index in [0.29, 0.717) is 10.6 Å². The molecule has 0 heterocycles. The van der Waals surface area contributed by atoms with Gasteiger partial charge in [-0.05, 0) is 31.0 Å². The van der Waals surface area contributed by atoms with Crippen molar-refractivity contribution < 1.29 is 9.18 Å². The molecule has 0 aliphatic heterocycles. The van der Waals surface area contributed by atoms with Crippen molar-refractivity contribution in [3.8, 4) is 0 Å². The summed E-state index contributed by atoms with van der Waals surface area (Å²) in [4.78, 5) is 10.8. The largest absolute Gasteiger partial charge is 0.300 e. The second-order valence-electron chi connectivity index (χ2n) is 3.07. The average molecular weight is 201 g/mol. The van der Waals surface area contributed by atoms with E-state index in [1.807, 2.05) is 0 Å². The molecule has 0 saturated heterocycles. The Morgan fingerprint density at radius 3 is 2.69 bits per heavy atom. The third-order valence-corrected chi connectivity index (χ3v) is 2.17. The number of carbonyl (C=O) groups is 1. The van der Waals surface area contributed by atoms with Gasteiger partial charge in [-0.1, -0.05) is 17.7 Å². The zero-order valence-corrected chi connectivity index (χ0v) is 8.28. The van der Waals surface area contributed by atoms with Gasteiger partial charge in [-0.15, -0.1) is 0 Å². The van der Waals surface area contributed by atoms with Crippen LogP contribution in [-0.4, -0.2) is 5.78 Å². The highest BCUT2D eigenvalue weighted by atomic mass is 35.5. The number of ketones is 1. The standard InChI is InChI=1S/C10H10ClFO/c1-6-3-8(4-7(2)13)10(12)5-9(6)11/h3,5H,4H2,1-2H3. The number of aryl methyl sites for hydroxylation is 1. The molecule has 0 aromatic heterocycles. The van der Waals surface area contributed by atoms with E-state index in [9.17, 15) is 9.18 Å². The van der Waals surface area contributed by atoms with E-state index in [4.69, 9.17) is 11.6 Å². The number of rotatable bonds is 2. The molecule has 0 bridgehead atoms. The summed E-state index contributed by atoms with van der Waals surface area (Å²) in [6, 6.07) is 2.86. The lowest BCUT2D eigenvalue weighted by Gasteiger charge is -2.03. The van der Waals surface area contributed by atoms with Gasteiger partial charge in [0.15, 0.2) is 0 Å². The Balaban J connectivity index is 3.08. The molecule has 0 N–H and O–H groups in total. The maximum atomic E-state index is 13.2. The van der Waals surface area contributed by atoms with Gasteiger partial charge in [0.25, 0.3) is 0 Å². The Labute approximate surface area is 81.5 Å². The lowest BCUT2D eigenvalue weighted by atomic mass is 10.1. The molecule has 70 valence electrons. The lowest BCUT2D eigenvalue weighted by Crippen LogP contribution is -2.00. The van der Waals surface area contributed by atoms with Crippen LogP contribution >= 0.6 is 11.6 Å². The molecule has 0 saturated carbocycles. The van der Waals surface area contributed by atoms with Crippen molar-refractivity contribution in [3.63, 3.8) is 0 Å². The highest BCUT2D eigenvalue weighted by Gasteiger charge is 2.07. The molecule has 13 heavy (non-hydrogen) atoms. The van der Waals surface area contributed by atoms with Gasteiger partial charge in [-0.3, -0.25) is 4.79 Å². The monoisotopic (exact) mass is 200 g/mol. The van der Waals surface area contributed by atoms with Gasteiger partial charge in [-0.25, -0.2) is 4.39 Å². The maximum Gasteiger partial charge on any atom is 0.134 e. The number of carbonyl (C=O) groups excluding carboxylic acids is 1. The zero-order valence-electron chi connectivity index (χ0n) is 7.53. The third kappa shape index (κ3) is 2.52. The van der Waals surface area contributed by atoms with E-state index in [1.165, 1.54) is 13.0 Å². The van der Waals surface area contributed by atoms with Crippen molar-refractivity contribution >= 4 is 17.4 Å². The number of Topliss-reactive ketones (excluding diaryl/α,β-unsaturated/α-hetero) is 1. The number of halogens is 2. The highest BCUT2D eigenvalue weighted by Crippen LogP contribution is 2.20. The van der Waals surface area contributed by atoms with Crippen LogP contribution in [0.25, 0.3) is 0 Å². The minimum atomic E-state index is -0.411. The summed E-state index contributed by atoms with van der Waals surface area (Å²) in [5.74, 6) is -0.466. The van der Waals surface area contributed by atoms with E-state index in [1.54, 1.807) is 13.0 Å². The Hall–Kier alpha value is -0.890. The van der Waals surface area contributed by atoms with Crippen molar-refractivity contribution in [3.05, 3.63) is 34.1 Å². The van der Waals surface area contributed by atoms with Crippen molar-refractivity contribution in [2.75, 3.05) is 0 Å². The normalized spacial score (nSPS) is 10.2. The van der Waals surface area contributed by atoms with Crippen LogP contribution < -0.4 is 0 Å². The van der Waals surface area contributed by atoms with Gasteiger partial charge in [0, 0.05) is 11.4 Å². The third-order valence-electron chi connectivity index (χ3n) is 1.77. The van der Waals surface area contributed by atoms with E-state index < -0.39 is 5.82 Å². The molecule has 3 heteroatoms. The first kappa shape index (κ1) is 10.2. The van der Waals surface area contributed by atoms with Gasteiger partial charge in [0.1, 0.15) is 11.6 Å². The molecule has 0 fully saturated rings. The van der Waals surface area contributed by atoms with E-state index >= 15 is 0 Å². The highest BCUT2D eigenvalue weighted by molar-refractivity contribution is 6.31. The number of hydrogen-bond donors (Lipinski definition) is 0. The molecule has 1 aromatic rings. The van der Waals surface area contributed by atoms with Crippen molar-refractivity contribution in [1.82, 2.24) is 0 Å². The first-order valence-corrected chi connectivity index (χ1v) is 4.32. The fourth-order valence-corrected chi connectivity index (χ4v) is 1.27. The van der Waals surface area contributed by atoms with Crippen LogP contribution in [0.4, 0.5) is 4.39 Å². The van der Waals surface area contributed by atoms with Crippen molar-refractivity contribution in [1.29, 1.82) is 0 Å².